The molecule has 0 aromatic heterocycles. The Hall–Kier alpha value is -0.243. The molecule has 0 unspecified atom stereocenters. The summed E-state index contributed by atoms with van der Waals surface area (Å²) in [4.78, 5) is 0. The summed E-state index contributed by atoms with van der Waals surface area (Å²) >= 11 is 0. The average Bonchev–Trinajstić information content (AvgIpc) is 1.85. The van der Waals surface area contributed by atoms with Crippen molar-refractivity contribution >= 4 is 8.32 Å². The molecule has 2 heteroatoms. The second-order valence-electron chi connectivity index (χ2n) is 3.83. The van der Waals surface area contributed by atoms with Crippen LogP contribution >= 0.6 is 0 Å². The summed E-state index contributed by atoms with van der Waals surface area (Å²) in [5.41, 5.74) is 0. The van der Waals surface area contributed by atoms with E-state index in [1.54, 1.807) is 0 Å². The van der Waals surface area contributed by atoms with Crippen LogP contribution in [0.4, 0.5) is 0 Å². The Bertz CT molecular complexity index is 150. The largest absolute Gasteiger partial charge is 0.548 e. The van der Waals surface area contributed by atoms with Crippen LogP contribution in [0.1, 0.15) is 33.6 Å². The van der Waals surface area contributed by atoms with Crippen LogP contribution in [0.3, 0.4) is 0 Å². The molecule has 0 aliphatic rings. The molecule has 0 N–H and O–H groups in total. The van der Waals surface area contributed by atoms with E-state index in [1.807, 2.05) is 0 Å². The molecule has 0 aliphatic heterocycles. The van der Waals surface area contributed by atoms with Crippen molar-refractivity contribution in [3.05, 3.63) is 11.8 Å². The van der Waals surface area contributed by atoms with E-state index in [0.29, 0.717) is 0 Å². The highest BCUT2D eigenvalue weighted by Gasteiger charge is 2.22. The molecule has 0 heterocycles. The van der Waals surface area contributed by atoms with Gasteiger partial charge in [0.05, 0.1) is 5.76 Å². The zero-order valence-electron chi connectivity index (χ0n) is 9.11. The first kappa shape index (κ1) is 11.8. The lowest BCUT2D eigenvalue weighted by Gasteiger charge is -2.23. The third kappa shape index (κ3) is 5.41. The van der Waals surface area contributed by atoms with Gasteiger partial charge in [0.2, 0.25) is 8.32 Å². The minimum absolute atomic E-state index is 1.07. The SMILES string of the molecule is CCC=C(C)O[Si](C)(C)CCC. The highest BCUT2D eigenvalue weighted by Crippen LogP contribution is 2.17. The minimum atomic E-state index is -1.37. The monoisotopic (exact) mass is 186 g/mol. The summed E-state index contributed by atoms with van der Waals surface area (Å²) in [6, 6.07) is 1.25. The standard InChI is InChI=1S/C10H22OSi/c1-6-8-10(3)11-12(4,5)9-7-2/h8H,6-7,9H2,1-5H3. The highest BCUT2D eigenvalue weighted by molar-refractivity contribution is 6.71. The number of rotatable bonds is 5. The molecule has 0 aliphatic carbocycles. The normalized spacial score (nSPS) is 13.2. The molecule has 0 bridgehead atoms. The van der Waals surface area contributed by atoms with Gasteiger partial charge in [-0.15, -0.1) is 0 Å². The van der Waals surface area contributed by atoms with Gasteiger partial charge < -0.3 is 4.43 Å². The first-order valence-electron chi connectivity index (χ1n) is 4.87. The Balaban J connectivity index is 3.95. The lowest BCUT2D eigenvalue weighted by molar-refractivity contribution is 0.414. The fourth-order valence-electron chi connectivity index (χ4n) is 1.42. The second kappa shape index (κ2) is 5.41. The topological polar surface area (TPSA) is 9.23 Å². The van der Waals surface area contributed by atoms with Gasteiger partial charge in [-0.25, -0.2) is 0 Å². The van der Waals surface area contributed by atoms with Gasteiger partial charge in [-0.3, -0.25) is 0 Å². The predicted octanol–water partition coefficient (Wildman–Crippen LogP) is 3.93. The van der Waals surface area contributed by atoms with E-state index in [-0.39, 0.29) is 0 Å². The fourth-order valence-corrected chi connectivity index (χ4v) is 3.68. The third-order valence-electron chi connectivity index (χ3n) is 1.78. The molecule has 0 rings (SSSR count). The Morgan fingerprint density at radius 2 is 1.92 bits per heavy atom. The molecule has 72 valence electrons. The zero-order valence-corrected chi connectivity index (χ0v) is 10.1. The highest BCUT2D eigenvalue weighted by atomic mass is 28.4. The van der Waals surface area contributed by atoms with Gasteiger partial charge in [0, 0.05) is 0 Å². The van der Waals surface area contributed by atoms with Crippen molar-refractivity contribution in [2.75, 3.05) is 0 Å². The van der Waals surface area contributed by atoms with Gasteiger partial charge >= 0.3 is 0 Å². The Morgan fingerprint density at radius 1 is 1.33 bits per heavy atom. The second-order valence-corrected chi connectivity index (χ2v) is 8.06. The van der Waals surface area contributed by atoms with Crippen molar-refractivity contribution in [3.8, 4) is 0 Å². The molecule has 0 saturated carbocycles. The van der Waals surface area contributed by atoms with E-state index in [0.717, 1.165) is 12.2 Å². The fraction of sp³-hybridized carbons (Fsp3) is 0.800. The number of hydrogen-bond donors (Lipinski definition) is 0. The smallest absolute Gasteiger partial charge is 0.244 e. The lowest BCUT2D eigenvalue weighted by Crippen LogP contribution is -2.28. The minimum Gasteiger partial charge on any atom is -0.548 e. The third-order valence-corrected chi connectivity index (χ3v) is 4.36. The summed E-state index contributed by atoms with van der Waals surface area (Å²) < 4.78 is 5.92. The van der Waals surface area contributed by atoms with Crippen LogP contribution in [0.2, 0.25) is 19.1 Å². The molecular formula is C10H22OSi. The first-order chi connectivity index (χ1) is 5.52. The summed E-state index contributed by atoms with van der Waals surface area (Å²) in [6.07, 6.45) is 4.46. The number of hydrogen-bond acceptors (Lipinski definition) is 1. The van der Waals surface area contributed by atoms with Gasteiger partial charge in [0.25, 0.3) is 0 Å². The molecule has 0 amide bonds. The van der Waals surface area contributed by atoms with E-state index < -0.39 is 8.32 Å². The summed E-state index contributed by atoms with van der Waals surface area (Å²) in [5, 5.41) is 0. The van der Waals surface area contributed by atoms with E-state index >= 15 is 0 Å². The van der Waals surface area contributed by atoms with Crippen LogP contribution < -0.4 is 0 Å². The Labute approximate surface area is 78.0 Å². The van der Waals surface area contributed by atoms with Crippen molar-refractivity contribution in [1.82, 2.24) is 0 Å². The van der Waals surface area contributed by atoms with Crippen molar-refractivity contribution in [1.29, 1.82) is 0 Å². The van der Waals surface area contributed by atoms with E-state index in [4.69, 9.17) is 4.43 Å². The van der Waals surface area contributed by atoms with Gasteiger partial charge in [0.15, 0.2) is 0 Å². The predicted molar refractivity (Wildman–Crippen MR) is 57.7 cm³/mol. The molecule has 12 heavy (non-hydrogen) atoms. The van der Waals surface area contributed by atoms with Crippen LogP contribution in [0.15, 0.2) is 11.8 Å². The maximum atomic E-state index is 5.92. The van der Waals surface area contributed by atoms with Crippen molar-refractivity contribution < 1.29 is 4.43 Å². The van der Waals surface area contributed by atoms with Crippen molar-refractivity contribution in [2.24, 2.45) is 0 Å². The quantitative estimate of drug-likeness (QED) is 0.467. The van der Waals surface area contributed by atoms with Crippen LogP contribution in [0, 0.1) is 0 Å². The summed E-state index contributed by atoms with van der Waals surface area (Å²) in [6.45, 7) is 11.0. The van der Waals surface area contributed by atoms with Crippen LogP contribution in [0.25, 0.3) is 0 Å². The van der Waals surface area contributed by atoms with E-state index in [9.17, 15) is 0 Å². The molecular weight excluding hydrogens is 164 g/mol. The maximum absolute atomic E-state index is 5.92. The number of allylic oxidation sites excluding steroid dienone is 2. The zero-order chi connectivity index (χ0) is 9.61. The average molecular weight is 186 g/mol. The maximum Gasteiger partial charge on any atom is 0.244 e. The molecule has 0 spiro atoms. The molecule has 0 atom stereocenters. The lowest BCUT2D eigenvalue weighted by atomic mass is 10.4. The molecule has 0 fully saturated rings. The summed E-state index contributed by atoms with van der Waals surface area (Å²) in [5.74, 6) is 1.11. The van der Waals surface area contributed by atoms with Crippen LogP contribution in [-0.4, -0.2) is 8.32 Å². The van der Waals surface area contributed by atoms with Gasteiger partial charge in [-0.05, 0) is 38.6 Å². The van der Waals surface area contributed by atoms with E-state index in [2.05, 4.69) is 39.9 Å². The van der Waals surface area contributed by atoms with Gasteiger partial charge in [-0.2, -0.15) is 0 Å². The van der Waals surface area contributed by atoms with Gasteiger partial charge in [-0.1, -0.05) is 20.3 Å². The Morgan fingerprint density at radius 3 is 2.33 bits per heavy atom. The van der Waals surface area contributed by atoms with Gasteiger partial charge in [0.1, 0.15) is 0 Å². The summed E-state index contributed by atoms with van der Waals surface area (Å²) in [7, 11) is -1.37. The molecule has 0 radical (unpaired) electrons. The Kier molecular flexibility index (Phi) is 5.30. The first-order valence-corrected chi connectivity index (χ1v) is 7.99. The molecule has 0 saturated heterocycles. The molecule has 1 nitrogen and oxygen atoms in total. The van der Waals surface area contributed by atoms with E-state index in [1.165, 1.54) is 12.5 Å². The van der Waals surface area contributed by atoms with Crippen LogP contribution in [-0.2, 0) is 4.43 Å². The van der Waals surface area contributed by atoms with Crippen molar-refractivity contribution in [3.63, 3.8) is 0 Å². The molecule has 0 aromatic carbocycles. The van der Waals surface area contributed by atoms with Crippen LogP contribution in [0.5, 0.6) is 0 Å². The molecule has 0 aromatic rings. The van der Waals surface area contributed by atoms with Crippen molar-refractivity contribution in [2.45, 2.75) is 52.8 Å².